The lowest BCUT2D eigenvalue weighted by atomic mass is 9.99. The van der Waals surface area contributed by atoms with E-state index in [9.17, 15) is 4.79 Å². The van der Waals surface area contributed by atoms with Gasteiger partial charge in [0.1, 0.15) is 11.3 Å². The number of carbonyl (C=O) groups is 1. The molecule has 6 heteroatoms. The Labute approximate surface area is 123 Å². The van der Waals surface area contributed by atoms with E-state index in [4.69, 9.17) is 17.3 Å². The van der Waals surface area contributed by atoms with Crippen molar-refractivity contribution in [3.05, 3.63) is 23.7 Å². The molecule has 0 aromatic carbocycles. The number of amides is 1. The van der Waals surface area contributed by atoms with E-state index >= 15 is 0 Å². The molecular weight excluding hydrogens is 276 g/mol. The molecule has 1 amide bonds. The summed E-state index contributed by atoms with van der Waals surface area (Å²) >= 11 is 5.87. The molecule has 0 spiro atoms. The summed E-state index contributed by atoms with van der Waals surface area (Å²) < 4.78 is 1.99. The Bertz CT molecular complexity index is 648. The summed E-state index contributed by atoms with van der Waals surface area (Å²) in [6.07, 6.45) is 2.60. The van der Waals surface area contributed by atoms with Crippen LogP contribution in [0.5, 0.6) is 0 Å². The van der Waals surface area contributed by atoms with Gasteiger partial charge < -0.3 is 10.3 Å². The quantitative estimate of drug-likeness (QED) is 0.859. The Morgan fingerprint density at radius 1 is 1.50 bits per heavy atom. The summed E-state index contributed by atoms with van der Waals surface area (Å²) in [4.78, 5) is 20.4. The third-order valence-corrected chi connectivity index (χ3v) is 3.54. The monoisotopic (exact) mass is 294 g/mol. The van der Waals surface area contributed by atoms with E-state index in [1.54, 1.807) is 6.20 Å². The number of imidazole rings is 1. The standard InChI is InChI=1S/C14H19ClN4O/c1-9-5-7-17-13-12(9)18-11(4-6-15)19(13)14(2,3)8-10(16)20/h5,7H,4,6,8H2,1-3H3,(H2,16,20). The maximum Gasteiger partial charge on any atom is 0.219 e. The number of hydrogen-bond acceptors (Lipinski definition) is 3. The van der Waals surface area contributed by atoms with E-state index in [-0.39, 0.29) is 12.3 Å². The Morgan fingerprint density at radius 3 is 2.80 bits per heavy atom. The van der Waals surface area contributed by atoms with Gasteiger partial charge in [-0.2, -0.15) is 0 Å². The number of aromatic nitrogens is 3. The minimum atomic E-state index is -0.483. The largest absolute Gasteiger partial charge is 0.370 e. The second kappa shape index (κ2) is 5.40. The molecule has 2 N–H and O–H groups in total. The van der Waals surface area contributed by atoms with Crippen LogP contribution in [0.25, 0.3) is 11.2 Å². The van der Waals surface area contributed by atoms with Crippen LogP contribution in [0.1, 0.15) is 31.7 Å². The van der Waals surface area contributed by atoms with Crippen molar-refractivity contribution in [2.24, 2.45) is 5.73 Å². The molecule has 0 bridgehead atoms. The smallest absolute Gasteiger partial charge is 0.219 e. The number of pyridine rings is 1. The highest BCUT2D eigenvalue weighted by atomic mass is 35.5. The van der Waals surface area contributed by atoms with Crippen LogP contribution in [0.3, 0.4) is 0 Å². The molecule has 0 atom stereocenters. The first kappa shape index (κ1) is 14.8. The van der Waals surface area contributed by atoms with Gasteiger partial charge in [-0.25, -0.2) is 9.97 Å². The Kier molecular flexibility index (Phi) is 3.99. The molecule has 5 nitrogen and oxygen atoms in total. The van der Waals surface area contributed by atoms with Crippen LogP contribution >= 0.6 is 11.6 Å². The van der Waals surface area contributed by atoms with E-state index < -0.39 is 5.54 Å². The fraction of sp³-hybridized carbons (Fsp3) is 0.500. The number of fused-ring (bicyclic) bond motifs is 1. The van der Waals surface area contributed by atoms with Crippen LogP contribution in [0.15, 0.2) is 12.3 Å². The van der Waals surface area contributed by atoms with E-state index in [1.807, 2.05) is 31.4 Å². The van der Waals surface area contributed by atoms with Crippen LogP contribution in [0.2, 0.25) is 0 Å². The lowest BCUT2D eigenvalue weighted by Gasteiger charge is -2.27. The normalized spacial score (nSPS) is 12.0. The van der Waals surface area contributed by atoms with Crippen molar-refractivity contribution in [2.75, 3.05) is 5.88 Å². The van der Waals surface area contributed by atoms with Crippen molar-refractivity contribution in [3.8, 4) is 0 Å². The van der Waals surface area contributed by atoms with Gasteiger partial charge in [0.15, 0.2) is 5.65 Å². The summed E-state index contributed by atoms with van der Waals surface area (Å²) in [6.45, 7) is 5.91. The minimum Gasteiger partial charge on any atom is -0.370 e. The molecule has 108 valence electrons. The number of rotatable bonds is 5. The topological polar surface area (TPSA) is 73.8 Å². The van der Waals surface area contributed by atoms with Crippen molar-refractivity contribution >= 4 is 28.7 Å². The average Bonchev–Trinajstić information content (AvgIpc) is 2.68. The molecule has 0 radical (unpaired) electrons. The van der Waals surface area contributed by atoms with Crippen LogP contribution in [-0.2, 0) is 16.8 Å². The molecule has 2 aromatic rings. The highest BCUT2D eigenvalue weighted by Gasteiger charge is 2.28. The summed E-state index contributed by atoms with van der Waals surface area (Å²) in [7, 11) is 0. The highest BCUT2D eigenvalue weighted by molar-refractivity contribution is 6.17. The molecule has 2 rings (SSSR count). The molecule has 0 fully saturated rings. The van der Waals surface area contributed by atoms with E-state index in [2.05, 4.69) is 9.97 Å². The molecule has 0 saturated carbocycles. The predicted molar refractivity (Wildman–Crippen MR) is 79.8 cm³/mol. The first-order valence-corrected chi connectivity index (χ1v) is 7.08. The van der Waals surface area contributed by atoms with Crippen molar-refractivity contribution in [2.45, 2.75) is 39.2 Å². The number of aryl methyl sites for hydroxylation is 2. The Balaban J connectivity index is 2.68. The number of alkyl halides is 1. The van der Waals surface area contributed by atoms with E-state index in [0.717, 1.165) is 22.6 Å². The zero-order valence-corrected chi connectivity index (χ0v) is 12.7. The molecule has 2 heterocycles. The van der Waals surface area contributed by atoms with Crippen LogP contribution < -0.4 is 5.73 Å². The number of halogens is 1. The average molecular weight is 295 g/mol. The fourth-order valence-electron chi connectivity index (χ4n) is 2.53. The van der Waals surface area contributed by atoms with Crippen LogP contribution in [0, 0.1) is 6.92 Å². The van der Waals surface area contributed by atoms with Gasteiger partial charge >= 0.3 is 0 Å². The Hall–Kier alpha value is -1.62. The van der Waals surface area contributed by atoms with Gasteiger partial charge in [0.2, 0.25) is 5.91 Å². The zero-order valence-electron chi connectivity index (χ0n) is 12.0. The van der Waals surface area contributed by atoms with Gasteiger partial charge in [-0.15, -0.1) is 11.6 Å². The molecular formula is C14H19ClN4O. The lowest BCUT2D eigenvalue weighted by Crippen LogP contribution is -2.33. The first-order chi connectivity index (χ1) is 9.36. The van der Waals surface area contributed by atoms with Crippen molar-refractivity contribution in [1.82, 2.24) is 14.5 Å². The summed E-state index contributed by atoms with van der Waals surface area (Å²) in [5.74, 6) is 0.957. The third-order valence-electron chi connectivity index (χ3n) is 3.35. The summed E-state index contributed by atoms with van der Waals surface area (Å²) in [5, 5.41) is 0. The molecule has 20 heavy (non-hydrogen) atoms. The number of hydrogen-bond donors (Lipinski definition) is 1. The van der Waals surface area contributed by atoms with Gasteiger partial charge in [0, 0.05) is 24.9 Å². The molecule has 0 saturated heterocycles. The number of carbonyl (C=O) groups excluding carboxylic acids is 1. The van der Waals surface area contributed by atoms with Gasteiger partial charge in [-0.05, 0) is 32.4 Å². The van der Waals surface area contributed by atoms with Crippen molar-refractivity contribution < 1.29 is 4.79 Å². The van der Waals surface area contributed by atoms with E-state index in [0.29, 0.717) is 12.3 Å². The van der Waals surface area contributed by atoms with Gasteiger partial charge in [0.25, 0.3) is 0 Å². The van der Waals surface area contributed by atoms with Crippen molar-refractivity contribution in [3.63, 3.8) is 0 Å². The van der Waals surface area contributed by atoms with Gasteiger partial charge in [0.05, 0.1) is 5.54 Å². The van der Waals surface area contributed by atoms with Gasteiger partial charge in [-0.3, -0.25) is 4.79 Å². The molecule has 0 aliphatic heterocycles. The minimum absolute atomic E-state index is 0.226. The fourth-order valence-corrected chi connectivity index (χ4v) is 2.70. The highest BCUT2D eigenvalue weighted by Crippen LogP contribution is 2.28. The second-order valence-corrected chi connectivity index (χ2v) is 5.94. The maximum atomic E-state index is 11.3. The molecule has 0 unspecified atom stereocenters. The maximum absolute atomic E-state index is 11.3. The molecule has 0 aliphatic rings. The lowest BCUT2D eigenvalue weighted by molar-refractivity contribution is -0.119. The zero-order chi connectivity index (χ0) is 14.9. The summed E-state index contributed by atoms with van der Waals surface area (Å²) in [6, 6.07) is 1.92. The van der Waals surface area contributed by atoms with Crippen molar-refractivity contribution in [1.29, 1.82) is 0 Å². The first-order valence-electron chi connectivity index (χ1n) is 6.54. The molecule has 0 aliphatic carbocycles. The summed E-state index contributed by atoms with van der Waals surface area (Å²) in [5.41, 5.74) is 7.56. The third kappa shape index (κ3) is 2.63. The number of nitrogens with zero attached hydrogens (tertiary/aromatic N) is 3. The number of primary amides is 1. The second-order valence-electron chi connectivity index (χ2n) is 5.56. The van der Waals surface area contributed by atoms with Crippen LogP contribution in [0.4, 0.5) is 0 Å². The van der Waals surface area contributed by atoms with Crippen LogP contribution in [-0.4, -0.2) is 26.3 Å². The SMILES string of the molecule is Cc1ccnc2c1nc(CCCl)n2C(C)(C)CC(N)=O. The number of nitrogens with two attached hydrogens (primary N) is 1. The van der Waals surface area contributed by atoms with E-state index in [1.165, 1.54) is 0 Å². The predicted octanol–water partition coefficient (Wildman–Crippen LogP) is 2.13. The molecule has 2 aromatic heterocycles. The van der Waals surface area contributed by atoms with Gasteiger partial charge in [-0.1, -0.05) is 0 Å². The Morgan fingerprint density at radius 2 is 2.20 bits per heavy atom.